The van der Waals surface area contributed by atoms with Crippen LogP contribution in [-0.2, 0) is 19.7 Å². The summed E-state index contributed by atoms with van der Waals surface area (Å²) in [5, 5.41) is 4.47. The molecule has 1 atom stereocenters. The van der Waals surface area contributed by atoms with Crippen LogP contribution in [-0.4, -0.2) is 41.2 Å². The smallest absolute Gasteiger partial charge is 0.410 e. The number of nitrogens with one attached hydrogen (secondary N) is 1. The van der Waals surface area contributed by atoms with E-state index in [1.807, 2.05) is 0 Å². The van der Waals surface area contributed by atoms with Gasteiger partial charge < -0.3 is 4.74 Å². The van der Waals surface area contributed by atoms with E-state index in [1.165, 1.54) is 31.4 Å². The van der Waals surface area contributed by atoms with Gasteiger partial charge in [-0.3, -0.25) is 5.43 Å². The van der Waals surface area contributed by atoms with Gasteiger partial charge in [-0.15, -0.1) is 0 Å². The molecule has 2 rings (SSSR count). The maximum atomic E-state index is 12.5. The van der Waals surface area contributed by atoms with E-state index in [0.29, 0.717) is 5.75 Å². The molecular formula is C15H17F3N2O5S2. The Kier molecular flexibility index (Phi) is 7.20. The topological polar surface area (TPSA) is 102 Å². The first-order chi connectivity index (χ1) is 12.4. The highest BCUT2D eigenvalue weighted by molar-refractivity contribution is 8.06. The summed E-state index contributed by atoms with van der Waals surface area (Å²) >= 11 is 0. The van der Waals surface area contributed by atoms with Crippen LogP contribution in [0.5, 0.6) is 5.75 Å². The third-order valence-corrected chi connectivity index (χ3v) is 5.96. The number of methoxy groups -OCH3 is 1. The van der Waals surface area contributed by atoms with E-state index < -0.39 is 43.4 Å². The Bertz CT molecular complexity index is 907. The summed E-state index contributed by atoms with van der Waals surface area (Å²) < 4.78 is 86.8. The minimum atomic E-state index is -4.54. The highest BCUT2D eigenvalue weighted by Gasteiger charge is 2.45. The molecule has 1 aromatic carbocycles. The first kappa shape index (κ1) is 22.7. The number of benzene rings is 1. The number of sulfone groups is 2. The van der Waals surface area contributed by atoms with Crippen molar-refractivity contribution in [1.82, 2.24) is 5.43 Å². The quantitative estimate of drug-likeness (QED) is 0.793. The van der Waals surface area contributed by atoms with Gasteiger partial charge in [0.1, 0.15) is 11.8 Å². The van der Waals surface area contributed by atoms with Crippen molar-refractivity contribution in [2.45, 2.75) is 23.5 Å². The molecule has 7 nitrogen and oxygen atoms in total. The zero-order chi connectivity index (χ0) is 20.9. The maximum absolute atomic E-state index is 12.5. The minimum Gasteiger partial charge on any atom is -0.497 e. The van der Waals surface area contributed by atoms with E-state index in [-0.39, 0.29) is 4.90 Å². The fourth-order valence-corrected chi connectivity index (χ4v) is 3.20. The van der Waals surface area contributed by atoms with Crippen molar-refractivity contribution in [1.29, 1.82) is 0 Å². The van der Waals surface area contributed by atoms with Crippen LogP contribution in [0, 0.1) is 0 Å². The number of alkyl halides is 3. The SMILES string of the molecule is C=CS(=O)(=O)C=C.COc1ccc(S(=O)(=O)C2=NNC(C(F)(F)F)C2)cc1. The lowest BCUT2D eigenvalue weighted by molar-refractivity contribution is -0.151. The van der Waals surface area contributed by atoms with Crippen molar-refractivity contribution >= 4 is 24.7 Å². The molecule has 0 aromatic heterocycles. The fourth-order valence-electron chi connectivity index (χ4n) is 1.73. The van der Waals surface area contributed by atoms with Crippen molar-refractivity contribution < 1.29 is 34.7 Å². The molecule has 0 spiro atoms. The highest BCUT2D eigenvalue weighted by atomic mass is 32.2. The van der Waals surface area contributed by atoms with E-state index in [0.717, 1.165) is 10.8 Å². The van der Waals surface area contributed by atoms with Crippen LogP contribution in [0.15, 0.2) is 58.2 Å². The van der Waals surface area contributed by atoms with Gasteiger partial charge in [-0.05, 0) is 24.3 Å². The monoisotopic (exact) mass is 426 g/mol. The second kappa shape index (κ2) is 8.57. The first-order valence-electron chi connectivity index (χ1n) is 7.15. The van der Waals surface area contributed by atoms with Gasteiger partial charge in [0.2, 0.25) is 9.84 Å². The minimum absolute atomic E-state index is 0.123. The van der Waals surface area contributed by atoms with Gasteiger partial charge in [0.25, 0.3) is 0 Å². The average molecular weight is 426 g/mol. The maximum Gasteiger partial charge on any atom is 0.410 e. The van der Waals surface area contributed by atoms with Crippen LogP contribution in [0.4, 0.5) is 13.2 Å². The molecule has 1 N–H and O–H groups in total. The second-order valence-electron chi connectivity index (χ2n) is 5.03. The zero-order valence-corrected chi connectivity index (χ0v) is 15.7. The third-order valence-electron chi connectivity index (χ3n) is 3.26. The Hall–Kier alpha value is -2.34. The molecule has 0 bridgehead atoms. The molecule has 1 heterocycles. The molecule has 150 valence electrons. The Morgan fingerprint density at radius 2 is 1.67 bits per heavy atom. The van der Waals surface area contributed by atoms with E-state index in [2.05, 4.69) is 18.3 Å². The van der Waals surface area contributed by atoms with Crippen LogP contribution in [0.3, 0.4) is 0 Å². The molecule has 1 aliphatic rings. The summed E-state index contributed by atoms with van der Waals surface area (Å²) in [5.74, 6) is 0.448. The number of hydrogen-bond donors (Lipinski definition) is 1. The van der Waals surface area contributed by atoms with Crippen molar-refractivity contribution in [2.75, 3.05) is 7.11 Å². The van der Waals surface area contributed by atoms with Crippen LogP contribution in [0.2, 0.25) is 0 Å². The summed E-state index contributed by atoms with van der Waals surface area (Å²) in [6, 6.07) is 3.38. The first-order valence-corrected chi connectivity index (χ1v) is 10.2. The predicted octanol–water partition coefficient (Wildman–Crippen LogP) is 2.39. The summed E-state index contributed by atoms with van der Waals surface area (Å²) in [4.78, 5) is -0.123. The number of ether oxygens (including phenoxy) is 1. The van der Waals surface area contributed by atoms with E-state index in [1.54, 1.807) is 5.43 Å². The zero-order valence-electron chi connectivity index (χ0n) is 14.1. The van der Waals surface area contributed by atoms with Gasteiger partial charge in [0.15, 0.2) is 14.9 Å². The number of hydrazone groups is 1. The van der Waals surface area contributed by atoms with Crippen LogP contribution in [0.25, 0.3) is 0 Å². The van der Waals surface area contributed by atoms with Gasteiger partial charge in [-0.2, -0.15) is 18.3 Å². The Balaban J connectivity index is 0.000000445. The normalized spacial score (nSPS) is 17.0. The van der Waals surface area contributed by atoms with Crippen LogP contribution in [0.1, 0.15) is 6.42 Å². The molecule has 12 heteroatoms. The van der Waals surface area contributed by atoms with Gasteiger partial charge in [0.05, 0.1) is 12.0 Å². The third kappa shape index (κ3) is 6.10. The van der Waals surface area contributed by atoms with Crippen LogP contribution >= 0.6 is 0 Å². The largest absolute Gasteiger partial charge is 0.497 e. The van der Waals surface area contributed by atoms with Crippen LogP contribution < -0.4 is 10.2 Å². The van der Waals surface area contributed by atoms with Crippen molar-refractivity contribution in [3.63, 3.8) is 0 Å². The average Bonchev–Trinajstić information content (AvgIpc) is 3.14. The Morgan fingerprint density at radius 3 is 2.00 bits per heavy atom. The summed E-state index contributed by atoms with van der Waals surface area (Å²) in [6.07, 6.45) is -5.25. The Morgan fingerprint density at radius 1 is 1.15 bits per heavy atom. The summed E-state index contributed by atoms with van der Waals surface area (Å²) in [5.41, 5.74) is 1.80. The molecule has 27 heavy (non-hydrogen) atoms. The molecule has 0 saturated heterocycles. The molecule has 0 radical (unpaired) electrons. The number of rotatable bonds is 4. The summed E-state index contributed by atoms with van der Waals surface area (Å²) in [6.45, 7) is 6.09. The lowest BCUT2D eigenvalue weighted by Gasteiger charge is -2.13. The van der Waals surface area contributed by atoms with Crippen molar-refractivity contribution in [2.24, 2.45) is 5.10 Å². The van der Waals surface area contributed by atoms with E-state index in [4.69, 9.17) is 4.74 Å². The lowest BCUT2D eigenvalue weighted by Crippen LogP contribution is -2.36. The van der Waals surface area contributed by atoms with Gasteiger partial charge in [-0.1, -0.05) is 13.2 Å². The van der Waals surface area contributed by atoms with Gasteiger partial charge in [-0.25, -0.2) is 16.8 Å². The second-order valence-corrected chi connectivity index (χ2v) is 8.83. The molecule has 0 saturated carbocycles. The molecule has 0 aliphatic carbocycles. The fraction of sp³-hybridized carbons (Fsp3) is 0.267. The molecule has 1 aliphatic heterocycles. The molecule has 0 amide bonds. The molecule has 0 fully saturated rings. The number of hydrogen-bond acceptors (Lipinski definition) is 7. The van der Waals surface area contributed by atoms with Crippen molar-refractivity contribution in [3.05, 3.63) is 48.2 Å². The standard InChI is InChI=1S/C11H11F3N2O3S.C4H6O2S/c1-19-7-2-4-8(5-3-7)20(17,18)10-6-9(15-16-10)11(12,13)14;1-3-7(5,6)4-2/h2-5,9,15H,6H2,1H3;3-4H,1-2H2. The molecular weight excluding hydrogens is 409 g/mol. The Labute approximate surface area is 155 Å². The molecule has 1 unspecified atom stereocenters. The molecule has 1 aromatic rings. The lowest BCUT2D eigenvalue weighted by atomic mass is 10.2. The van der Waals surface area contributed by atoms with Crippen molar-refractivity contribution in [3.8, 4) is 5.75 Å². The van der Waals surface area contributed by atoms with Gasteiger partial charge in [0, 0.05) is 17.2 Å². The highest BCUT2D eigenvalue weighted by Crippen LogP contribution is 2.28. The number of nitrogens with zero attached hydrogens (tertiary/aromatic N) is 1. The van der Waals surface area contributed by atoms with E-state index in [9.17, 15) is 30.0 Å². The number of halogens is 3. The van der Waals surface area contributed by atoms with Gasteiger partial charge >= 0.3 is 6.18 Å². The predicted molar refractivity (Wildman–Crippen MR) is 94.5 cm³/mol. The van der Waals surface area contributed by atoms with E-state index >= 15 is 0 Å². The summed E-state index contributed by atoms with van der Waals surface area (Å²) in [7, 11) is -5.74.